The van der Waals surface area contributed by atoms with Gasteiger partial charge >= 0.3 is 17.9 Å². The van der Waals surface area contributed by atoms with Gasteiger partial charge in [-0.05, 0) is 55.8 Å². The number of esters is 3. The van der Waals surface area contributed by atoms with Crippen LogP contribution in [0.25, 0.3) is 0 Å². The van der Waals surface area contributed by atoms with E-state index in [2.05, 4.69) is 5.32 Å². The molecule has 0 radical (unpaired) electrons. The van der Waals surface area contributed by atoms with E-state index in [1.54, 1.807) is 84.9 Å². The molecule has 7 atom stereocenters. The molecule has 3 aromatic carbocycles. The lowest BCUT2D eigenvalue weighted by molar-refractivity contribution is -0.155. The van der Waals surface area contributed by atoms with E-state index in [0.717, 1.165) is 36.7 Å². The normalized spacial score (nSPS) is 29.5. The Morgan fingerprint density at radius 3 is 1.76 bits per heavy atom. The summed E-state index contributed by atoms with van der Waals surface area (Å²) in [6.45, 7) is 0.755. The molecule has 42 heavy (non-hydrogen) atoms. The minimum Gasteiger partial charge on any atom is -0.455 e. The number of ether oxygens (including phenoxy) is 4. The SMILES string of the molecule is N=CSC1OC2([C@H]3CCCN3)C(OC(=O)c3ccccc3)C2C(OC(=O)c2ccccc2)[C@H]1OC(=O)c1ccccc1. The fourth-order valence-electron chi connectivity index (χ4n) is 6.05. The molecule has 5 unspecified atom stereocenters. The highest BCUT2D eigenvalue weighted by Crippen LogP contribution is 2.61. The molecule has 3 fully saturated rings. The smallest absolute Gasteiger partial charge is 0.338 e. The van der Waals surface area contributed by atoms with Crippen LogP contribution in [0.1, 0.15) is 43.9 Å². The van der Waals surface area contributed by atoms with Crippen molar-refractivity contribution in [2.24, 2.45) is 5.92 Å². The van der Waals surface area contributed by atoms with E-state index in [1.165, 1.54) is 0 Å². The Kier molecular flexibility index (Phi) is 8.10. The van der Waals surface area contributed by atoms with Crippen molar-refractivity contribution in [1.82, 2.24) is 5.32 Å². The Morgan fingerprint density at radius 1 is 0.786 bits per heavy atom. The Bertz CT molecular complexity index is 1430. The summed E-state index contributed by atoms with van der Waals surface area (Å²) in [7, 11) is 0. The van der Waals surface area contributed by atoms with Gasteiger partial charge in [0, 0.05) is 6.04 Å². The van der Waals surface area contributed by atoms with E-state index in [9.17, 15) is 14.4 Å². The van der Waals surface area contributed by atoms with E-state index < -0.39 is 53.2 Å². The number of carbonyl (C=O) groups excluding carboxylic acids is 3. The van der Waals surface area contributed by atoms with Crippen LogP contribution in [0, 0.1) is 11.3 Å². The quantitative estimate of drug-likeness (QED) is 0.162. The summed E-state index contributed by atoms with van der Waals surface area (Å²) >= 11 is 1.01. The van der Waals surface area contributed by atoms with Crippen molar-refractivity contribution in [3.8, 4) is 0 Å². The summed E-state index contributed by atoms with van der Waals surface area (Å²) < 4.78 is 24.9. The highest BCUT2D eigenvalue weighted by atomic mass is 32.2. The molecule has 6 rings (SSSR count). The molecular weight excluding hydrogens is 556 g/mol. The zero-order chi connectivity index (χ0) is 29.1. The molecule has 1 aliphatic carbocycles. The van der Waals surface area contributed by atoms with Gasteiger partial charge in [-0.15, -0.1) is 0 Å². The Morgan fingerprint density at radius 2 is 1.29 bits per heavy atom. The van der Waals surface area contributed by atoms with Crippen molar-refractivity contribution in [1.29, 1.82) is 5.41 Å². The fraction of sp³-hybridized carbons (Fsp3) is 0.312. The van der Waals surface area contributed by atoms with Crippen LogP contribution in [0.3, 0.4) is 0 Å². The van der Waals surface area contributed by atoms with Gasteiger partial charge in [0.2, 0.25) is 0 Å². The molecule has 10 heteroatoms. The average Bonchev–Trinajstić information content (AvgIpc) is 3.35. The zero-order valence-electron chi connectivity index (χ0n) is 22.6. The third-order valence-electron chi connectivity index (χ3n) is 8.00. The molecule has 2 heterocycles. The van der Waals surface area contributed by atoms with Gasteiger partial charge in [0.1, 0.15) is 17.1 Å². The van der Waals surface area contributed by atoms with Gasteiger partial charge in [-0.1, -0.05) is 66.4 Å². The van der Waals surface area contributed by atoms with Gasteiger partial charge in [-0.3, -0.25) is 0 Å². The van der Waals surface area contributed by atoms with Crippen LogP contribution in [0.5, 0.6) is 0 Å². The molecule has 3 aliphatic rings. The Balaban J connectivity index is 1.38. The summed E-state index contributed by atoms with van der Waals surface area (Å²) in [5.41, 5.74) is 0.193. The lowest BCUT2D eigenvalue weighted by Crippen LogP contribution is -2.56. The summed E-state index contributed by atoms with van der Waals surface area (Å²) in [5, 5.41) is 11.3. The average molecular weight is 587 g/mol. The molecule has 0 bridgehead atoms. The van der Waals surface area contributed by atoms with Crippen LogP contribution in [0.4, 0.5) is 0 Å². The summed E-state index contributed by atoms with van der Waals surface area (Å²) in [4.78, 5) is 40.0. The second-order valence-electron chi connectivity index (χ2n) is 10.4. The van der Waals surface area contributed by atoms with Crippen molar-refractivity contribution in [3.05, 3.63) is 108 Å². The molecule has 0 aromatic heterocycles. The van der Waals surface area contributed by atoms with E-state index in [0.29, 0.717) is 16.7 Å². The monoisotopic (exact) mass is 586 g/mol. The highest BCUT2D eigenvalue weighted by Gasteiger charge is 2.81. The van der Waals surface area contributed by atoms with E-state index >= 15 is 0 Å². The lowest BCUT2D eigenvalue weighted by Gasteiger charge is -2.40. The predicted molar refractivity (Wildman–Crippen MR) is 155 cm³/mol. The number of benzene rings is 3. The van der Waals surface area contributed by atoms with Crippen LogP contribution < -0.4 is 5.32 Å². The maximum absolute atomic E-state index is 13.4. The number of nitrogens with one attached hydrogen (secondary N) is 2. The molecule has 2 saturated heterocycles. The number of thioether (sulfide) groups is 1. The van der Waals surface area contributed by atoms with Crippen LogP contribution in [-0.2, 0) is 18.9 Å². The fourth-order valence-corrected chi connectivity index (χ4v) is 6.77. The third-order valence-corrected chi connectivity index (χ3v) is 8.77. The van der Waals surface area contributed by atoms with Crippen LogP contribution >= 0.6 is 11.8 Å². The molecule has 216 valence electrons. The number of carbonyl (C=O) groups is 3. The molecule has 1 saturated carbocycles. The van der Waals surface area contributed by atoms with Gasteiger partial charge in [-0.2, -0.15) is 0 Å². The molecule has 0 amide bonds. The minimum absolute atomic E-state index is 0.200. The van der Waals surface area contributed by atoms with Crippen molar-refractivity contribution >= 4 is 35.2 Å². The van der Waals surface area contributed by atoms with Gasteiger partial charge in [0.05, 0.1) is 28.2 Å². The van der Waals surface area contributed by atoms with Crippen molar-refractivity contribution in [2.75, 3.05) is 6.54 Å². The molecular formula is C32H30N2O7S. The predicted octanol–water partition coefficient (Wildman–Crippen LogP) is 4.48. The van der Waals surface area contributed by atoms with Gasteiger partial charge in [-0.25, -0.2) is 14.4 Å². The molecule has 9 nitrogen and oxygen atoms in total. The summed E-state index contributed by atoms with van der Waals surface area (Å²) in [6, 6.07) is 25.5. The lowest BCUT2D eigenvalue weighted by atomic mass is 9.96. The first-order chi connectivity index (χ1) is 20.5. The zero-order valence-corrected chi connectivity index (χ0v) is 23.4. The first-order valence-electron chi connectivity index (χ1n) is 13.9. The number of rotatable bonds is 9. The van der Waals surface area contributed by atoms with Crippen molar-refractivity contribution < 1.29 is 33.3 Å². The Hall–Kier alpha value is -3.99. The topological polar surface area (TPSA) is 124 Å². The van der Waals surface area contributed by atoms with E-state index in [1.807, 2.05) is 6.07 Å². The van der Waals surface area contributed by atoms with Gasteiger partial charge in [0.15, 0.2) is 12.2 Å². The molecule has 0 spiro atoms. The third kappa shape index (κ3) is 5.33. The maximum Gasteiger partial charge on any atom is 0.338 e. The Labute approximate surface area is 247 Å². The largest absolute Gasteiger partial charge is 0.455 e. The van der Waals surface area contributed by atoms with Gasteiger partial charge < -0.3 is 29.7 Å². The second-order valence-corrected chi connectivity index (χ2v) is 11.4. The van der Waals surface area contributed by atoms with E-state index in [4.69, 9.17) is 24.4 Å². The maximum atomic E-state index is 13.4. The molecule has 3 aromatic rings. The van der Waals surface area contributed by atoms with Gasteiger partial charge in [0.25, 0.3) is 0 Å². The first-order valence-corrected chi connectivity index (χ1v) is 14.8. The van der Waals surface area contributed by atoms with Crippen LogP contribution in [0.15, 0.2) is 91.0 Å². The molecule has 2 aliphatic heterocycles. The number of hydrogen-bond donors (Lipinski definition) is 2. The van der Waals surface area contributed by atoms with Crippen LogP contribution in [0.2, 0.25) is 0 Å². The van der Waals surface area contributed by atoms with Crippen molar-refractivity contribution in [3.63, 3.8) is 0 Å². The first kappa shape index (κ1) is 28.1. The second kappa shape index (κ2) is 12.1. The summed E-state index contributed by atoms with van der Waals surface area (Å²) in [5.74, 6) is -2.37. The number of fused-ring (bicyclic) bond motifs is 1. The van der Waals surface area contributed by atoms with E-state index in [-0.39, 0.29) is 6.04 Å². The van der Waals surface area contributed by atoms with Crippen molar-refractivity contribution in [2.45, 2.75) is 48.2 Å². The minimum atomic E-state index is -1.09. The molecule has 2 N–H and O–H groups in total. The summed E-state index contributed by atoms with van der Waals surface area (Å²) in [6.07, 6.45) is -1.25. The highest BCUT2D eigenvalue weighted by molar-refractivity contribution is 8.12. The number of hydrogen-bond acceptors (Lipinski definition) is 10. The standard InChI is InChI=1S/C32H30N2O7S/c33-19-42-31-26(39-29(36)21-13-6-2-7-14-21)25(38-28(35)20-11-4-1-5-12-20)24-27(32(24,41-31)23-17-10-18-34-23)40-30(37)22-15-8-3-9-16-22/h1-9,11-16,19,23-27,31,33-34H,10,17-18H2/t23-,24?,25?,26-,27?,31?,32?/m1/s1. The van der Waals surface area contributed by atoms with Crippen LogP contribution in [-0.4, -0.2) is 65.4 Å².